The van der Waals surface area contributed by atoms with Crippen LogP contribution in [0, 0.1) is 0 Å². The highest BCUT2D eigenvalue weighted by Gasteiger charge is 2.23. The third kappa shape index (κ3) is 3.24. The molecule has 0 spiro atoms. The summed E-state index contributed by atoms with van der Waals surface area (Å²) in [4.78, 5) is 17.0. The van der Waals surface area contributed by atoms with E-state index in [1.807, 2.05) is 43.4 Å². The van der Waals surface area contributed by atoms with Crippen LogP contribution in [0.1, 0.15) is 24.0 Å². The van der Waals surface area contributed by atoms with Crippen LogP contribution in [0.5, 0.6) is 0 Å². The highest BCUT2D eigenvalue weighted by Crippen LogP contribution is 2.34. The zero-order valence-corrected chi connectivity index (χ0v) is 13.8. The fraction of sp³-hybridized carbons (Fsp3) is 0.389. The van der Waals surface area contributed by atoms with Crippen molar-refractivity contribution in [3.63, 3.8) is 0 Å². The first-order valence-electron chi connectivity index (χ1n) is 7.90. The lowest BCUT2D eigenvalue weighted by atomic mass is 9.98. The largest absolute Gasteiger partial charge is 0.384 e. The summed E-state index contributed by atoms with van der Waals surface area (Å²) in [7, 11) is 3.97. The minimum absolute atomic E-state index is 0.0327. The van der Waals surface area contributed by atoms with E-state index in [0.29, 0.717) is 19.1 Å². The zero-order chi connectivity index (χ0) is 16.4. The molecule has 0 saturated carbocycles. The molecule has 0 amide bonds. The van der Waals surface area contributed by atoms with E-state index in [2.05, 4.69) is 23.3 Å². The molecule has 0 bridgehead atoms. The molecule has 0 saturated heterocycles. The smallest absolute Gasteiger partial charge is 0.272 e. The number of anilines is 1. The maximum atomic E-state index is 12.1. The van der Waals surface area contributed by atoms with Gasteiger partial charge in [0.1, 0.15) is 5.69 Å². The minimum atomic E-state index is -0.0327. The van der Waals surface area contributed by atoms with E-state index in [1.165, 1.54) is 0 Å². The van der Waals surface area contributed by atoms with Gasteiger partial charge in [0.05, 0.1) is 13.2 Å². The quantitative estimate of drug-likeness (QED) is 0.833. The number of nitrogens with zero attached hydrogens (tertiary/aromatic N) is 1. The second kappa shape index (κ2) is 6.46. The van der Waals surface area contributed by atoms with Crippen molar-refractivity contribution in [2.45, 2.75) is 19.4 Å². The third-order valence-corrected chi connectivity index (χ3v) is 4.08. The molecule has 23 heavy (non-hydrogen) atoms. The van der Waals surface area contributed by atoms with E-state index in [9.17, 15) is 4.79 Å². The first-order valence-corrected chi connectivity index (χ1v) is 7.90. The second-order valence-electron chi connectivity index (χ2n) is 6.27. The van der Waals surface area contributed by atoms with Gasteiger partial charge in [0.2, 0.25) is 0 Å². The lowest BCUT2D eigenvalue weighted by molar-refractivity contribution is 0.148. The van der Waals surface area contributed by atoms with Gasteiger partial charge in [-0.2, -0.15) is 0 Å². The number of benzene rings is 1. The Bertz CT molecular complexity index is 793. The summed E-state index contributed by atoms with van der Waals surface area (Å²) in [6.07, 6.45) is 3.97. The topological polar surface area (TPSA) is 57.4 Å². The summed E-state index contributed by atoms with van der Waals surface area (Å²) >= 11 is 0. The second-order valence-corrected chi connectivity index (χ2v) is 6.27. The summed E-state index contributed by atoms with van der Waals surface area (Å²) in [6.45, 7) is 4.10. The molecule has 1 aliphatic heterocycles. The van der Waals surface area contributed by atoms with Crippen LogP contribution in [-0.2, 0) is 11.3 Å². The highest BCUT2D eigenvalue weighted by atomic mass is 16.5. The number of aromatic amines is 1. The molecule has 1 unspecified atom stereocenters. The van der Waals surface area contributed by atoms with Gasteiger partial charge < -0.3 is 19.9 Å². The predicted molar refractivity (Wildman–Crippen MR) is 94.0 cm³/mol. The van der Waals surface area contributed by atoms with E-state index in [-0.39, 0.29) is 5.56 Å². The Kier molecular flexibility index (Phi) is 4.39. The minimum Gasteiger partial charge on any atom is -0.384 e. The maximum absolute atomic E-state index is 12.1. The fourth-order valence-corrected chi connectivity index (χ4v) is 3.00. The van der Waals surface area contributed by atoms with Crippen LogP contribution in [0.25, 0.3) is 10.9 Å². The van der Waals surface area contributed by atoms with Crippen LogP contribution in [0.15, 0.2) is 35.3 Å². The molecule has 0 aliphatic carbocycles. The number of hydrogen-bond donors (Lipinski definition) is 2. The first-order chi connectivity index (χ1) is 11.1. The Morgan fingerprint density at radius 1 is 1.39 bits per heavy atom. The van der Waals surface area contributed by atoms with E-state index >= 15 is 0 Å². The average molecular weight is 313 g/mol. The summed E-state index contributed by atoms with van der Waals surface area (Å²) in [6, 6.07) is 6.10. The van der Waals surface area contributed by atoms with Gasteiger partial charge >= 0.3 is 0 Å². The molecular weight excluding hydrogens is 290 g/mol. The van der Waals surface area contributed by atoms with Gasteiger partial charge in [-0.25, -0.2) is 0 Å². The number of ether oxygens (including phenoxy) is 1. The molecule has 0 radical (unpaired) electrons. The van der Waals surface area contributed by atoms with Crippen LogP contribution >= 0.6 is 0 Å². The summed E-state index contributed by atoms with van der Waals surface area (Å²) in [5.41, 5.74) is 3.81. The number of pyridine rings is 1. The van der Waals surface area contributed by atoms with Gasteiger partial charge in [-0.1, -0.05) is 13.0 Å². The highest BCUT2D eigenvalue weighted by molar-refractivity contribution is 5.88. The molecule has 122 valence electrons. The van der Waals surface area contributed by atoms with Crippen molar-refractivity contribution in [1.82, 2.24) is 9.88 Å². The molecule has 1 aromatic heterocycles. The van der Waals surface area contributed by atoms with Gasteiger partial charge in [-0.3, -0.25) is 4.79 Å². The SMILES string of the molecule is CC1CNc2c1c1cc(COC/C=C/N(C)C)ccc1[nH]c2=O. The Morgan fingerprint density at radius 3 is 3.00 bits per heavy atom. The molecule has 2 N–H and O–H groups in total. The van der Waals surface area contributed by atoms with Gasteiger partial charge in [-0.15, -0.1) is 0 Å². The molecule has 3 rings (SSSR count). The Hall–Kier alpha value is -2.27. The fourth-order valence-electron chi connectivity index (χ4n) is 3.00. The monoisotopic (exact) mass is 313 g/mol. The van der Waals surface area contributed by atoms with Crippen LogP contribution in [0.3, 0.4) is 0 Å². The molecule has 1 aliphatic rings. The number of rotatable bonds is 5. The summed E-state index contributed by atoms with van der Waals surface area (Å²) in [5.74, 6) is 0.342. The lowest BCUT2D eigenvalue weighted by Gasteiger charge is -2.10. The number of nitrogens with one attached hydrogen (secondary N) is 2. The first kappa shape index (κ1) is 15.6. The van der Waals surface area contributed by atoms with Crippen molar-refractivity contribution in [2.75, 3.05) is 32.6 Å². The van der Waals surface area contributed by atoms with Crippen LogP contribution in [-0.4, -0.2) is 37.1 Å². The van der Waals surface area contributed by atoms with Gasteiger partial charge in [0, 0.05) is 37.5 Å². The molecule has 2 heterocycles. The number of H-pyrrole nitrogens is 1. The van der Waals surface area contributed by atoms with Crippen LogP contribution < -0.4 is 10.9 Å². The molecule has 2 aromatic rings. The Morgan fingerprint density at radius 2 is 2.22 bits per heavy atom. The van der Waals surface area contributed by atoms with Crippen molar-refractivity contribution in [1.29, 1.82) is 0 Å². The lowest BCUT2D eigenvalue weighted by Crippen LogP contribution is -2.11. The Labute approximate surface area is 136 Å². The molecule has 1 atom stereocenters. The summed E-state index contributed by atoms with van der Waals surface area (Å²) < 4.78 is 5.69. The van der Waals surface area contributed by atoms with Crippen molar-refractivity contribution in [3.05, 3.63) is 52.0 Å². The Balaban J connectivity index is 1.83. The molecule has 1 aromatic carbocycles. The van der Waals surface area contributed by atoms with Crippen molar-refractivity contribution < 1.29 is 4.74 Å². The number of aromatic nitrogens is 1. The average Bonchev–Trinajstić information content (AvgIpc) is 2.90. The predicted octanol–water partition coefficient (Wildman–Crippen LogP) is 2.65. The van der Waals surface area contributed by atoms with Crippen molar-refractivity contribution >= 4 is 16.6 Å². The van der Waals surface area contributed by atoms with Gasteiger partial charge in [0.25, 0.3) is 5.56 Å². The molecule has 0 fully saturated rings. The number of hydrogen-bond acceptors (Lipinski definition) is 4. The third-order valence-electron chi connectivity index (χ3n) is 4.08. The number of fused-ring (bicyclic) bond motifs is 3. The van der Waals surface area contributed by atoms with E-state index < -0.39 is 0 Å². The van der Waals surface area contributed by atoms with Gasteiger partial charge in [-0.05, 0) is 35.5 Å². The maximum Gasteiger partial charge on any atom is 0.272 e. The van der Waals surface area contributed by atoms with Crippen LogP contribution in [0.4, 0.5) is 5.69 Å². The normalized spacial score (nSPS) is 16.7. The van der Waals surface area contributed by atoms with E-state index in [1.54, 1.807) is 0 Å². The van der Waals surface area contributed by atoms with Gasteiger partial charge in [0.15, 0.2) is 0 Å². The van der Waals surface area contributed by atoms with Crippen molar-refractivity contribution in [3.8, 4) is 0 Å². The van der Waals surface area contributed by atoms with Crippen LogP contribution in [0.2, 0.25) is 0 Å². The van der Waals surface area contributed by atoms with E-state index in [0.717, 1.165) is 34.3 Å². The van der Waals surface area contributed by atoms with E-state index in [4.69, 9.17) is 4.74 Å². The standard InChI is InChI=1S/C18H23N3O2/c1-12-10-19-17-16(12)14-9-13(5-6-15(14)20-18(17)22)11-23-8-4-7-21(2)3/h4-7,9,12,19H,8,10-11H2,1-3H3,(H,20,22)/b7-4+. The molecule has 5 nitrogen and oxygen atoms in total. The summed E-state index contributed by atoms with van der Waals surface area (Å²) in [5, 5.41) is 4.32. The zero-order valence-electron chi connectivity index (χ0n) is 13.8. The molecule has 5 heteroatoms. The molecular formula is C18H23N3O2. The van der Waals surface area contributed by atoms with Crippen molar-refractivity contribution in [2.24, 2.45) is 0 Å².